The van der Waals surface area contributed by atoms with Gasteiger partial charge in [-0.2, -0.15) is 0 Å². The number of aryl methyl sites for hydroxylation is 1. The zero-order chi connectivity index (χ0) is 20.7. The Morgan fingerprint density at radius 1 is 1.10 bits per heavy atom. The van der Waals surface area contributed by atoms with Gasteiger partial charge in [-0.1, -0.05) is 29.8 Å². The number of rotatable bonds is 3. The quantitative estimate of drug-likeness (QED) is 0.521. The summed E-state index contributed by atoms with van der Waals surface area (Å²) in [6.07, 6.45) is 1.65. The smallest absolute Gasteiger partial charge is 0.293 e. The first-order valence-electron chi connectivity index (χ1n) is 9.46. The van der Waals surface area contributed by atoms with Crippen molar-refractivity contribution in [2.24, 2.45) is 0 Å². The fraction of sp³-hybridized carbons (Fsp3) is 0.273. The number of halogens is 1. The topological polar surface area (TPSA) is 80.5 Å². The van der Waals surface area contributed by atoms with E-state index in [9.17, 15) is 19.7 Å². The summed E-state index contributed by atoms with van der Waals surface area (Å²) < 4.78 is 0. The van der Waals surface area contributed by atoms with Gasteiger partial charge in [0.2, 0.25) is 5.91 Å². The second-order valence-corrected chi connectivity index (χ2v) is 7.86. The highest BCUT2D eigenvalue weighted by molar-refractivity contribution is 6.30. The van der Waals surface area contributed by atoms with Gasteiger partial charge in [-0.05, 0) is 49.1 Å². The predicted molar refractivity (Wildman–Crippen MR) is 110 cm³/mol. The lowest BCUT2D eigenvalue weighted by Crippen LogP contribution is -2.40. The normalized spacial score (nSPS) is 19.4. The molecule has 1 atom stereocenters. The van der Waals surface area contributed by atoms with E-state index in [-0.39, 0.29) is 35.4 Å². The fourth-order valence-electron chi connectivity index (χ4n) is 4.22. The van der Waals surface area contributed by atoms with Crippen LogP contribution in [0.15, 0.2) is 53.7 Å². The fourth-order valence-corrected chi connectivity index (χ4v) is 4.35. The van der Waals surface area contributed by atoms with Gasteiger partial charge in [0.15, 0.2) is 5.78 Å². The molecule has 0 saturated heterocycles. The molecule has 1 aliphatic heterocycles. The second-order valence-electron chi connectivity index (χ2n) is 7.42. The molecule has 29 heavy (non-hydrogen) atoms. The summed E-state index contributed by atoms with van der Waals surface area (Å²) in [4.78, 5) is 38.6. The third-order valence-corrected chi connectivity index (χ3v) is 5.77. The summed E-state index contributed by atoms with van der Waals surface area (Å²) >= 11 is 5.99. The van der Waals surface area contributed by atoms with Gasteiger partial charge in [0.1, 0.15) is 5.69 Å². The van der Waals surface area contributed by atoms with Gasteiger partial charge in [0, 0.05) is 41.1 Å². The Kier molecular flexibility index (Phi) is 4.96. The summed E-state index contributed by atoms with van der Waals surface area (Å²) in [5, 5.41) is 12.2. The molecule has 7 heteroatoms. The van der Waals surface area contributed by atoms with Gasteiger partial charge in [-0.3, -0.25) is 24.6 Å². The summed E-state index contributed by atoms with van der Waals surface area (Å²) in [6, 6.07) is 11.9. The number of ketones is 1. The number of Topliss-reactive ketones (excluding diaryl/α,β-unsaturated/α-hetero) is 1. The second kappa shape index (κ2) is 7.44. The van der Waals surface area contributed by atoms with Crippen LogP contribution in [0, 0.1) is 17.0 Å². The maximum absolute atomic E-state index is 13.2. The average molecular weight is 411 g/mol. The third-order valence-electron chi connectivity index (χ3n) is 5.52. The van der Waals surface area contributed by atoms with Gasteiger partial charge in [-0.25, -0.2) is 0 Å². The van der Waals surface area contributed by atoms with Crippen LogP contribution < -0.4 is 4.90 Å². The number of hydrogen-bond acceptors (Lipinski definition) is 4. The van der Waals surface area contributed by atoms with E-state index in [1.807, 2.05) is 12.1 Å². The number of carbonyl (C=O) groups excluding carboxylic acids is 2. The molecular weight excluding hydrogens is 392 g/mol. The van der Waals surface area contributed by atoms with Crippen molar-refractivity contribution in [3.05, 3.63) is 80.0 Å². The number of benzene rings is 2. The maximum Gasteiger partial charge on any atom is 0.293 e. The van der Waals surface area contributed by atoms with Crippen LogP contribution in [-0.2, 0) is 9.59 Å². The summed E-state index contributed by atoms with van der Waals surface area (Å²) in [5.41, 5.74) is 2.86. The van der Waals surface area contributed by atoms with Crippen LogP contribution in [-0.4, -0.2) is 16.6 Å². The van der Waals surface area contributed by atoms with E-state index < -0.39 is 4.92 Å². The predicted octanol–water partition coefficient (Wildman–Crippen LogP) is 5.08. The van der Waals surface area contributed by atoms with Gasteiger partial charge in [-0.15, -0.1) is 0 Å². The van der Waals surface area contributed by atoms with E-state index in [2.05, 4.69) is 0 Å². The molecule has 2 aromatic rings. The molecule has 6 nitrogen and oxygen atoms in total. The summed E-state index contributed by atoms with van der Waals surface area (Å²) in [6.45, 7) is 1.76. The number of anilines is 1. The number of nitrogens with zero attached hydrogens (tertiary/aromatic N) is 2. The van der Waals surface area contributed by atoms with E-state index in [1.54, 1.807) is 31.2 Å². The number of nitro benzene ring substituents is 1. The Bertz CT molecular complexity index is 1060. The standard InChI is InChI=1S/C22H19ClN2O4/c1-13-5-10-17(19(11-13)25(28)29)24-18-3-2-4-20(26)22(18)16(12-21(24)27)14-6-8-15(23)9-7-14/h5-11,16H,2-4,12H2,1H3. The van der Waals surface area contributed by atoms with E-state index in [4.69, 9.17) is 11.6 Å². The Morgan fingerprint density at radius 2 is 1.83 bits per heavy atom. The van der Waals surface area contributed by atoms with Crippen molar-refractivity contribution >= 4 is 34.7 Å². The highest BCUT2D eigenvalue weighted by atomic mass is 35.5. The minimum atomic E-state index is -0.480. The summed E-state index contributed by atoms with van der Waals surface area (Å²) in [5.74, 6) is -0.605. The van der Waals surface area contributed by atoms with Crippen molar-refractivity contribution in [2.45, 2.75) is 38.5 Å². The van der Waals surface area contributed by atoms with Crippen LogP contribution in [0.2, 0.25) is 5.02 Å². The Hall–Kier alpha value is -2.99. The SMILES string of the molecule is Cc1ccc(N2C(=O)CC(c3ccc(Cl)cc3)C3=C2CCCC3=O)c([N+](=O)[O-])c1. The maximum atomic E-state index is 13.2. The number of nitro groups is 1. The molecule has 148 valence electrons. The van der Waals surface area contributed by atoms with E-state index >= 15 is 0 Å². The molecule has 2 aliphatic rings. The first-order chi connectivity index (χ1) is 13.9. The molecule has 0 fully saturated rings. The van der Waals surface area contributed by atoms with Gasteiger partial charge in [0.05, 0.1) is 4.92 Å². The van der Waals surface area contributed by atoms with Crippen molar-refractivity contribution < 1.29 is 14.5 Å². The highest BCUT2D eigenvalue weighted by Crippen LogP contribution is 2.45. The molecule has 0 N–H and O–H groups in total. The molecule has 0 bridgehead atoms. The zero-order valence-electron chi connectivity index (χ0n) is 15.9. The first-order valence-corrected chi connectivity index (χ1v) is 9.84. The monoisotopic (exact) mass is 410 g/mol. The van der Waals surface area contributed by atoms with Crippen LogP contribution in [0.25, 0.3) is 0 Å². The Labute approximate surface area is 172 Å². The van der Waals surface area contributed by atoms with Crippen molar-refractivity contribution in [3.8, 4) is 0 Å². The lowest BCUT2D eigenvalue weighted by atomic mass is 9.77. The summed E-state index contributed by atoms with van der Waals surface area (Å²) in [7, 11) is 0. The third kappa shape index (κ3) is 3.44. The minimum absolute atomic E-state index is 0.00142. The Balaban J connectivity index is 1.90. The molecule has 0 aromatic heterocycles. The first kappa shape index (κ1) is 19.3. The van der Waals surface area contributed by atoms with Crippen LogP contribution in [0.5, 0.6) is 0 Å². The minimum Gasteiger partial charge on any atom is -0.294 e. The highest BCUT2D eigenvalue weighted by Gasteiger charge is 2.41. The Morgan fingerprint density at radius 3 is 2.52 bits per heavy atom. The van der Waals surface area contributed by atoms with Crippen molar-refractivity contribution in [2.75, 3.05) is 4.90 Å². The van der Waals surface area contributed by atoms with Gasteiger partial charge >= 0.3 is 0 Å². The zero-order valence-corrected chi connectivity index (χ0v) is 16.6. The van der Waals surface area contributed by atoms with Crippen molar-refractivity contribution in [3.63, 3.8) is 0 Å². The number of hydrogen-bond donors (Lipinski definition) is 0. The molecule has 1 heterocycles. The molecule has 0 radical (unpaired) electrons. The molecule has 2 aromatic carbocycles. The molecule has 0 spiro atoms. The number of allylic oxidation sites excluding steroid dienone is 2. The van der Waals surface area contributed by atoms with E-state index in [1.165, 1.54) is 11.0 Å². The van der Waals surface area contributed by atoms with Crippen molar-refractivity contribution in [1.29, 1.82) is 0 Å². The van der Waals surface area contributed by atoms with Gasteiger partial charge < -0.3 is 0 Å². The molecular formula is C22H19ClN2O4. The van der Waals surface area contributed by atoms with E-state index in [0.717, 1.165) is 11.1 Å². The number of carbonyl (C=O) groups is 2. The van der Waals surface area contributed by atoms with Crippen LogP contribution in [0.3, 0.4) is 0 Å². The van der Waals surface area contributed by atoms with Crippen LogP contribution in [0.4, 0.5) is 11.4 Å². The molecule has 0 saturated carbocycles. The average Bonchev–Trinajstić information content (AvgIpc) is 2.68. The van der Waals surface area contributed by atoms with E-state index in [0.29, 0.717) is 35.6 Å². The lowest BCUT2D eigenvalue weighted by Gasteiger charge is -2.38. The molecule has 1 aliphatic carbocycles. The molecule has 1 amide bonds. The van der Waals surface area contributed by atoms with Gasteiger partial charge in [0.25, 0.3) is 5.69 Å². The largest absolute Gasteiger partial charge is 0.294 e. The molecule has 1 unspecified atom stereocenters. The van der Waals surface area contributed by atoms with Crippen molar-refractivity contribution in [1.82, 2.24) is 0 Å². The van der Waals surface area contributed by atoms with Crippen LogP contribution in [0.1, 0.15) is 42.7 Å². The lowest BCUT2D eigenvalue weighted by molar-refractivity contribution is -0.384. The number of amides is 1. The van der Waals surface area contributed by atoms with Crippen LogP contribution >= 0.6 is 11.6 Å². The molecule has 4 rings (SSSR count).